The average molecular weight is 356 g/mol. The number of rotatable bonds is 5. The zero-order valence-electron chi connectivity index (χ0n) is 14.2. The van der Waals surface area contributed by atoms with Crippen LogP contribution in [0.4, 0.5) is 0 Å². The molecule has 8 heteroatoms. The van der Waals surface area contributed by atoms with Gasteiger partial charge in [-0.3, -0.25) is 9.59 Å². The minimum absolute atomic E-state index is 0.186. The van der Waals surface area contributed by atoms with Gasteiger partial charge in [-0.25, -0.2) is 9.78 Å². The predicted molar refractivity (Wildman–Crippen MR) is 92.8 cm³/mol. The Morgan fingerprint density at radius 1 is 1.19 bits per heavy atom. The molecule has 1 aromatic carbocycles. The normalized spacial score (nSPS) is 14.8. The number of aromatic nitrogens is 2. The van der Waals surface area contributed by atoms with Gasteiger partial charge in [0.1, 0.15) is 5.82 Å². The van der Waals surface area contributed by atoms with Gasteiger partial charge in [0.2, 0.25) is 5.91 Å². The summed E-state index contributed by atoms with van der Waals surface area (Å²) in [7, 11) is 0. The first kappa shape index (κ1) is 17.7. The highest BCUT2D eigenvalue weighted by molar-refractivity contribution is 5.91. The Morgan fingerprint density at radius 2 is 1.88 bits per heavy atom. The number of ether oxygens (including phenoxy) is 1. The number of nitrogens with one attached hydrogen (secondary N) is 1. The number of likely N-dealkylation sites (tertiary alicyclic amines) is 1. The topological polar surface area (TPSA) is 118 Å². The van der Waals surface area contributed by atoms with Crippen molar-refractivity contribution >= 4 is 17.8 Å². The highest BCUT2D eigenvalue weighted by atomic mass is 16.5. The largest absolute Gasteiger partial charge is 0.452 e. The molecule has 2 heterocycles. The zero-order valence-corrected chi connectivity index (χ0v) is 14.2. The highest BCUT2D eigenvalue weighted by Crippen LogP contribution is 2.17. The van der Waals surface area contributed by atoms with Crippen molar-refractivity contribution in [1.29, 1.82) is 0 Å². The highest BCUT2D eigenvalue weighted by Gasteiger charge is 2.26. The number of imidazole rings is 1. The molecule has 1 aliphatic rings. The van der Waals surface area contributed by atoms with E-state index in [2.05, 4.69) is 9.97 Å². The van der Waals surface area contributed by atoms with E-state index in [0.29, 0.717) is 37.3 Å². The molecule has 2 aromatic rings. The Balaban J connectivity index is 1.49. The Labute approximate surface area is 150 Å². The molecule has 2 amide bonds. The fourth-order valence-corrected chi connectivity index (χ4v) is 2.90. The molecule has 136 valence electrons. The summed E-state index contributed by atoms with van der Waals surface area (Å²) in [5.74, 6) is -0.639. The number of nitrogens with two attached hydrogens (primary N) is 1. The van der Waals surface area contributed by atoms with Gasteiger partial charge in [0.15, 0.2) is 6.61 Å². The number of hydrogen-bond acceptors (Lipinski definition) is 5. The van der Waals surface area contributed by atoms with Crippen molar-refractivity contribution in [3.05, 3.63) is 42.2 Å². The molecule has 0 spiro atoms. The minimum atomic E-state index is -0.559. The van der Waals surface area contributed by atoms with E-state index in [1.807, 2.05) is 0 Å². The van der Waals surface area contributed by atoms with Crippen molar-refractivity contribution in [3.63, 3.8) is 0 Å². The standard InChI is InChI=1S/C18H20N4O4/c19-16(24)12-5-9-22(10-6-12)15(23)11-26-18(25)14-3-1-13(2-4-14)17-20-7-8-21-17/h1-4,7-8,12H,5-6,9-11H2,(H2,19,24)(H,20,21). The summed E-state index contributed by atoms with van der Waals surface area (Å²) >= 11 is 0. The van der Waals surface area contributed by atoms with E-state index in [1.54, 1.807) is 41.6 Å². The van der Waals surface area contributed by atoms with Gasteiger partial charge in [0.05, 0.1) is 5.56 Å². The van der Waals surface area contributed by atoms with Gasteiger partial charge in [-0.1, -0.05) is 12.1 Å². The Hall–Kier alpha value is -3.16. The lowest BCUT2D eigenvalue weighted by molar-refractivity contribution is -0.137. The van der Waals surface area contributed by atoms with Gasteiger partial charge in [-0.15, -0.1) is 0 Å². The number of H-pyrrole nitrogens is 1. The van der Waals surface area contributed by atoms with Crippen molar-refractivity contribution in [2.45, 2.75) is 12.8 Å². The molecule has 0 saturated carbocycles. The van der Waals surface area contributed by atoms with Crippen LogP contribution < -0.4 is 5.73 Å². The number of hydrogen-bond donors (Lipinski definition) is 2. The molecular weight excluding hydrogens is 336 g/mol. The Morgan fingerprint density at radius 3 is 2.46 bits per heavy atom. The van der Waals surface area contributed by atoms with Gasteiger partial charge >= 0.3 is 5.97 Å². The van der Waals surface area contributed by atoms with Crippen molar-refractivity contribution < 1.29 is 19.1 Å². The van der Waals surface area contributed by atoms with Crippen LogP contribution in [-0.2, 0) is 14.3 Å². The molecule has 0 atom stereocenters. The van der Waals surface area contributed by atoms with Crippen molar-refractivity contribution in [2.24, 2.45) is 11.7 Å². The Bertz CT molecular complexity index is 778. The molecule has 1 saturated heterocycles. The smallest absolute Gasteiger partial charge is 0.338 e. The summed E-state index contributed by atoms with van der Waals surface area (Å²) in [5.41, 5.74) is 6.48. The summed E-state index contributed by atoms with van der Waals surface area (Å²) < 4.78 is 5.10. The summed E-state index contributed by atoms with van der Waals surface area (Å²) in [5, 5.41) is 0. The van der Waals surface area contributed by atoms with E-state index < -0.39 is 5.97 Å². The fourth-order valence-electron chi connectivity index (χ4n) is 2.90. The number of aromatic amines is 1. The van der Waals surface area contributed by atoms with E-state index in [1.165, 1.54) is 0 Å². The number of carbonyl (C=O) groups is 3. The molecule has 3 rings (SSSR count). The van der Waals surface area contributed by atoms with E-state index in [9.17, 15) is 14.4 Å². The first-order valence-corrected chi connectivity index (χ1v) is 8.38. The van der Waals surface area contributed by atoms with E-state index in [0.717, 1.165) is 5.56 Å². The van der Waals surface area contributed by atoms with E-state index >= 15 is 0 Å². The quantitative estimate of drug-likeness (QED) is 0.774. The molecule has 0 aliphatic carbocycles. The average Bonchev–Trinajstić information content (AvgIpc) is 3.21. The predicted octanol–water partition coefficient (Wildman–Crippen LogP) is 0.957. The third kappa shape index (κ3) is 4.08. The van der Waals surface area contributed by atoms with Crippen molar-refractivity contribution in [3.8, 4) is 11.4 Å². The molecule has 0 bridgehead atoms. The van der Waals surface area contributed by atoms with Crippen LogP contribution in [0.15, 0.2) is 36.7 Å². The van der Waals surface area contributed by atoms with Gasteiger partial charge in [0, 0.05) is 37.0 Å². The first-order chi connectivity index (χ1) is 12.5. The first-order valence-electron chi connectivity index (χ1n) is 8.38. The summed E-state index contributed by atoms with van der Waals surface area (Å²) in [4.78, 5) is 44.1. The number of benzene rings is 1. The van der Waals surface area contributed by atoms with Crippen LogP contribution in [0.25, 0.3) is 11.4 Å². The van der Waals surface area contributed by atoms with Gasteiger partial charge in [-0.05, 0) is 25.0 Å². The van der Waals surface area contributed by atoms with E-state index in [-0.39, 0.29) is 24.3 Å². The van der Waals surface area contributed by atoms with Gasteiger partial charge in [0.25, 0.3) is 5.91 Å². The molecule has 1 aliphatic heterocycles. The molecule has 3 N–H and O–H groups in total. The van der Waals surface area contributed by atoms with Crippen LogP contribution in [0.5, 0.6) is 0 Å². The summed E-state index contributed by atoms with van der Waals surface area (Å²) in [6.07, 6.45) is 4.46. The number of primary amides is 1. The van der Waals surface area contributed by atoms with Crippen molar-refractivity contribution in [2.75, 3.05) is 19.7 Å². The number of esters is 1. The number of piperidine rings is 1. The zero-order chi connectivity index (χ0) is 18.5. The minimum Gasteiger partial charge on any atom is -0.452 e. The maximum absolute atomic E-state index is 12.1. The molecule has 0 unspecified atom stereocenters. The lowest BCUT2D eigenvalue weighted by atomic mass is 9.96. The lowest BCUT2D eigenvalue weighted by Gasteiger charge is -2.30. The summed E-state index contributed by atoms with van der Waals surface area (Å²) in [6.45, 7) is 0.573. The second-order valence-electron chi connectivity index (χ2n) is 6.15. The third-order valence-corrected chi connectivity index (χ3v) is 4.47. The Kier molecular flexibility index (Phi) is 5.31. The molecule has 26 heavy (non-hydrogen) atoms. The molecule has 8 nitrogen and oxygen atoms in total. The van der Waals surface area contributed by atoms with Gasteiger partial charge in [-0.2, -0.15) is 0 Å². The van der Waals surface area contributed by atoms with E-state index in [4.69, 9.17) is 10.5 Å². The SMILES string of the molecule is NC(=O)C1CCN(C(=O)COC(=O)c2ccc(-c3ncc[nH]3)cc2)CC1. The second-order valence-corrected chi connectivity index (χ2v) is 6.15. The van der Waals surface area contributed by atoms with Crippen LogP contribution in [0, 0.1) is 5.92 Å². The van der Waals surface area contributed by atoms with Crippen LogP contribution in [0.3, 0.4) is 0 Å². The van der Waals surface area contributed by atoms with Crippen LogP contribution >= 0.6 is 0 Å². The van der Waals surface area contributed by atoms with Crippen LogP contribution in [0.2, 0.25) is 0 Å². The lowest BCUT2D eigenvalue weighted by Crippen LogP contribution is -2.43. The molecule has 1 aromatic heterocycles. The second kappa shape index (κ2) is 7.81. The molecule has 1 fully saturated rings. The fraction of sp³-hybridized carbons (Fsp3) is 0.333. The third-order valence-electron chi connectivity index (χ3n) is 4.47. The number of amides is 2. The van der Waals surface area contributed by atoms with Crippen molar-refractivity contribution in [1.82, 2.24) is 14.9 Å². The summed E-state index contributed by atoms with van der Waals surface area (Å²) in [6, 6.07) is 6.77. The maximum atomic E-state index is 12.1. The molecule has 0 radical (unpaired) electrons. The maximum Gasteiger partial charge on any atom is 0.338 e. The number of carbonyl (C=O) groups excluding carboxylic acids is 3. The van der Waals surface area contributed by atoms with Gasteiger partial charge < -0.3 is 20.4 Å². The monoisotopic (exact) mass is 356 g/mol. The number of nitrogens with zero attached hydrogens (tertiary/aromatic N) is 2. The van der Waals surface area contributed by atoms with Crippen LogP contribution in [0.1, 0.15) is 23.2 Å². The van der Waals surface area contributed by atoms with Crippen LogP contribution in [-0.4, -0.2) is 52.3 Å². The molecular formula is C18H20N4O4.